The summed E-state index contributed by atoms with van der Waals surface area (Å²) in [7, 11) is 3.98. The maximum atomic E-state index is 12.6. The first-order chi connectivity index (χ1) is 14.1. The van der Waals surface area contributed by atoms with Crippen LogP contribution >= 0.6 is 0 Å². The fourth-order valence-corrected chi connectivity index (χ4v) is 3.01. The van der Waals surface area contributed by atoms with Crippen molar-refractivity contribution in [3.63, 3.8) is 0 Å². The van der Waals surface area contributed by atoms with Crippen molar-refractivity contribution >= 4 is 34.1 Å². The number of carbonyl (C=O) groups is 1. The summed E-state index contributed by atoms with van der Waals surface area (Å²) in [4.78, 5) is 26.6. The van der Waals surface area contributed by atoms with E-state index in [-0.39, 0.29) is 5.91 Å². The molecule has 7 nitrogen and oxygen atoms in total. The molecule has 0 fully saturated rings. The monoisotopic (exact) mass is 386 g/mol. The van der Waals surface area contributed by atoms with Gasteiger partial charge >= 0.3 is 0 Å². The number of rotatable bonds is 6. The lowest BCUT2D eigenvalue weighted by Crippen LogP contribution is -2.23. The molecule has 146 valence electrons. The molecule has 2 aromatic heterocycles. The van der Waals surface area contributed by atoms with Gasteiger partial charge < -0.3 is 20.5 Å². The van der Waals surface area contributed by atoms with Crippen LogP contribution in [-0.4, -0.2) is 35.0 Å². The van der Waals surface area contributed by atoms with Crippen LogP contribution in [0.1, 0.15) is 16.2 Å². The lowest BCUT2D eigenvalue weighted by molar-refractivity contribution is 0.0950. The lowest BCUT2D eigenvalue weighted by Gasteiger charge is -2.14. The molecule has 0 unspecified atom stereocenters. The molecule has 7 heteroatoms. The number of nitrogens with one attached hydrogen (secondary N) is 3. The van der Waals surface area contributed by atoms with Crippen LogP contribution in [0.15, 0.2) is 66.9 Å². The standard InChI is InChI=1S/C22H22N6O/c1-28(2)17-7-5-6-16(13-17)25-20-12-15(10-11-23-20)22(29)24-14-21-26-18-8-3-4-9-19(18)27-21/h3-13H,14H2,1-2H3,(H,23,25)(H,24,29)(H,26,27). The summed E-state index contributed by atoms with van der Waals surface area (Å²) >= 11 is 0. The van der Waals surface area contributed by atoms with Gasteiger partial charge in [-0.15, -0.1) is 0 Å². The summed E-state index contributed by atoms with van der Waals surface area (Å²) in [5.74, 6) is 1.14. The van der Waals surface area contributed by atoms with Crippen LogP contribution in [0.2, 0.25) is 0 Å². The number of H-pyrrole nitrogens is 1. The number of nitrogens with zero attached hydrogens (tertiary/aromatic N) is 3. The molecule has 0 spiro atoms. The fraction of sp³-hybridized carbons (Fsp3) is 0.136. The molecule has 3 N–H and O–H groups in total. The minimum Gasteiger partial charge on any atom is -0.378 e. The number of carbonyl (C=O) groups excluding carboxylic acids is 1. The topological polar surface area (TPSA) is 85.9 Å². The number of para-hydroxylation sites is 2. The van der Waals surface area contributed by atoms with Crippen molar-refractivity contribution in [1.82, 2.24) is 20.3 Å². The Bertz CT molecular complexity index is 1120. The van der Waals surface area contributed by atoms with Crippen molar-refractivity contribution in [2.75, 3.05) is 24.3 Å². The Kier molecular flexibility index (Phi) is 5.11. The maximum absolute atomic E-state index is 12.6. The number of anilines is 3. The van der Waals surface area contributed by atoms with E-state index in [9.17, 15) is 4.79 Å². The Hall–Kier alpha value is -3.87. The molecule has 0 saturated carbocycles. The first kappa shape index (κ1) is 18.5. The highest BCUT2D eigenvalue weighted by Gasteiger charge is 2.09. The van der Waals surface area contributed by atoms with Crippen LogP contribution in [0.25, 0.3) is 11.0 Å². The van der Waals surface area contributed by atoms with Gasteiger partial charge in [-0.05, 0) is 42.5 Å². The lowest BCUT2D eigenvalue weighted by atomic mass is 10.2. The smallest absolute Gasteiger partial charge is 0.251 e. The van der Waals surface area contributed by atoms with Crippen molar-refractivity contribution < 1.29 is 4.79 Å². The van der Waals surface area contributed by atoms with Gasteiger partial charge in [0.2, 0.25) is 0 Å². The second-order valence-corrected chi connectivity index (χ2v) is 6.88. The molecule has 1 amide bonds. The SMILES string of the molecule is CN(C)c1cccc(Nc2cc(C(=O)NCc3nc4ccccc4[nH]3)ccn2)c1. The minimum atomic E-state index is -0.182. The van der Waals surface area contributed by atoms with Crippen LogP contribution < -0.4 is 15.5 Å². The van der Waals surface area contributed by atoms with Gasteiger partial charge in [-0.1, -0.05) is 18.2 Å². The Labute approximate surface area is 168 Å². The minimum absolute atomic E-state index is 0.182. The molecule has 4 rings (SSSR count). The summed E-state index contributed by atoms with van der Waals surface area (Å²) < 4.78 is 0. The highest BCUT2D eigenvalue weighted by molar-refractivity contribution is 5.94. The van der Waals surface area contributed by atoms with E-state index in [0.717, 1.165) is 22.4 Å². The van der Waals surface area contributed by atoms with E-state index in [1.54, 1.807) is 18.3 Å². The molecule has 2 aromatic carbocycles. The zero-order chi connectivity index (χ0) is 20.2. The van der Waals surface area contributed by atoms with E-state index in [0.29, 0.717) is 23.8 Å². The van der Waals surface area contributed by atoms with E-state index in [1.807, 2.05) is 67.5 Å². The van der Waals surface area contributed by atoms with Gasteiger partial charge in [0.05, 0.1) is 17.6 Å². The molecule has 0 aliphatic carbocycles. The van der Waals surface area contributed by atoms with Crippen LogP contribution in [0, 0.1) is 0 Å². The van der Waals surface area contributed by atoms with Crippen molar-refractivity contribution in [1.29, 1.82) is 0 Å². The molecule has 2 heterocycles. The third-order valence-corrected chi connectivity index (χ3v) is 4.51. The van der Waals surface area contributed by atoms with Gasteiger partial charge in [-0.3, -0.25) is 4.79 Å². The molecular weight excluding hydrogens is 364 g/mol. The number of aromatic nitrogens is 3. The Morgan fingerprint density at radius 3 is 2.76 bits per heavy atom. The number of hydrogen-bond donors (Lipinski definition) is 3. The first-order valence-electron chi connectivity index (χ1n) is 9.31. The second kappa shape index (κ2) is 8.02. The summed E-state index contributed by atoms with van der Waals surface area (Å²) in [6.07, 6.45) is 1.62. The van der Waals surface area contributed by atoms with Crippen molar-refractivity contribution in [3.05, 3.63) is 78.2 Å². The van der Waals surface area contributed by atoms with Crippen molar-refractivity contribution in [2.45, 2.75) is 6.54 Å². The van der Waals surface area contributed by atoms with E-state index >= 15 is 0 Å². The normalized spacial score (nSPS) is 10.7. The van der Waals surface area contributed by atoms with Gasteiger partial charge in [0.25, 0.3) is 5.91 Å². The quantitative estimate of drug-likeness (QED) is 0.470. The third-order valence-electron chi connectivity index (χ3n) is 4.51. The average molecular weight is 386 g/mol. The molecule has 0 aliphatic heterocycles. The predicted octanol–water partition coefficient (Wildman–Crippen LogP) is 3.70. The van der Waals surface area contributed by atoms with E-state index in [4.69, 9.17) is 0 Å². The number of amides is 1. The Morgan fingerprint density at radius 2 is 1.93 bits per heavy atom. The van der Waals surface area contributed by atoms with E-state index in [2.05, 4.69) is 25.6 Å². The molecule has 29 heavy (non-hydrogen) atoms. The average Bonchev–Trinajstić information content (AvgIpc) is 3.15. The highest BCUT2D eigenvalue weighted by atomic mass is 16.1. The molecule has 0 bridgehead atoms. The Balaban J connectivity index is 1.43. The van der Waals surface area contributed by atoms with Crippen LogP contribution in [-0.2, 0) is 6.54 Å². The maximum Gasteiger partial charge on any atom is 0.251 e. The molecule has 0 atom stereocenters. The first-order valence-corrected chi connectivity index (χ1v) is 9.31. The predicted molar refractivity (Wildman–Crippen MR) is 116 cm³/mol. The molecular formula is C22H22N6O. The van der Waals surface area contributed by atoms with Crippen LogP contribution in [0.5, 0.6) is 0 Å². The fourth-order valence-electron chi connectivity index (χ4n) is 3.01. The van der Waals surface area contributed by atoms with Crippen LogP contribution in [0.3, 0.4) is 0 Å². The summed E-state index contributed by atoms with van der Waals surface area (Å²) in [5, 5.41) is 6.15. The Morgan fingerprint density at radius 1 is 1.07 bits per heavy atom. The number of hydrogen-bond acceptors (Lipinski definition) is 5. The zero-order valence-electron chi connectivity index (χ0n) is 16.3. The summed E-state index contributed by atoms with van der Waals surface area (Å²) in [5.41, 5.74) is 4.35. The molecule has 0 saturated heterocycles. The van der Waals surface area contributed by atoms with E-state index < -0.39 is 0 Å². The number of aromatic amines is 1. The van der Waals surface area contributed by atoms with Gasteiger partial charge in [0.15, 0.2) is 0 Å². The number of imidazole rings is 1. The second-order valence-electron chi connectivity index (χ2n) is 6.88. The van der Waals surface area contributed by atoms with Gasteiger partial charge in [-0.25, -0.2) is 9.97 Å². The summed E-state index contributed by atoms with van der Waals surface area (Å²) in [6, 6.07) is 19.2. The zero-order valence-corrected chi connectivity index (χ0v) is 16.3. The van der Waals surface area contributed by atoms with Crippen molar-refractivity contribution in [3.8, 4) is 0 Å². The van der Waals surface area contributed by atoms with Gasteiger partial charge in [0, 0.05) is 37.2 Å². The van der Waals surface area contributed by atoms with Crippen LogP contribution in [0.4, 0.5) is 17.2 Å². The number of benzene rings is 2. The largest absolute Gasteiger partial charge is 0.378 e. The molecule has 0 aliphatic rings. The molecule has 0 radical (unpaired) electrons. The number of pyridine rings is 1. The van der Waals surface area contributed by atoms with E-state index in [1.165, 1.54) is 0 Å². The molecule has 4 aromatic rings. The van der Waals surface area contributed by atoms with Crippen molar-refractivity contribution in [2.24, 2.45) is 0 Å². The van der Waals surface area contributed by atoms with Gasteiger partial charge in [-0.2, -0.15) is 0 Å². The summed E-state index contributed by atoms with van der Waals surface area (Å²) in [6.45, 7) is 0.323. The highest BCUT2D eigenvalue weighted by Crippen LogP contribution is 2.21. The number of fused-ring (bicyclic) bond motifs is 1. The third kappa shape index (κ3) is 4.35. The van der Waals surface area contributed by atoms with Gasteiger partial charge in [0.1, 0.15) is 11.6 Å².